The van der Waals surface area contributed by atoms with Crippen LogP contribution in [0.5, 0.6) is 0 Å². The summed E-state index contributed by atoms with van der Waals surface area (Å²) in [5, 5.41) is 0. The molecule has 0 saturated carbocycles. The third-order valence-corrected chi connectivity index (χ3v) is 5.56. The smallest absolute Gasteiger partial charge is 0.193 e. The number of aryl methyl sites for hydroxylation is 1. The summed E-state index contributed by atoms with van der Waals surface area (Å²) in [7, 11) is 0. The molecule has 4 heteroatoms. The van der Waals surface area contributed by atoms with Gasteiger partial charge in [0.05, 0.1) is 5.56 Å². The molecule has 1 aromatic carbocycles. The number of nitrogens with zero attached hydrogens (tertiary/aromatic N) is 1. The number of rotatable bonds is 6. The summed E-state index contributed by atoms with van der Waals surface area (Å²) in [6, 6.07) is 8.25. The lowest BCUT2D eigenvalue weighted by molar-refractivity contribution is 0.104. The van der Waals surface area contributed by atoms with Gasteiger partial charge in [0.2, 0.25) is 0 Å². The van der Waals surface area contributed by atoms with Crippen LogP contribution in [0.25, 0.3) is 11.1 Å². The molecule has 150 valence electrons. The number of ketones is 1. The first-order valence-electron chi connectivity index (χ1n) is 9.97. The second kappa shape index (κ2) is 8.56. The van der Waals surface area contributed by atoms with E-state index in [-0.39, 0.29) is 34.4 Å². The fourth-order valence-electron chi connectivity index (χ4n) is 3.77. The lowest BCUT2D eigenvalue weighted by atomic mass is 9.79. The highest BCUT2D eigenvalue weighted by Crippen LogP contribution is 2.38. The second-order valence-electron chi connectivity index (χ2n) is 7.55. The zero-order valence-corrected chi connectivity index (χ0v) is 17.1. The Kier molecular flexibility index (Phi) is 6.12. The minimum absolute atomic E-state index is 0.124. The standard InChI is InChI=1S/C25H26FNO2/c1-5-11-27-15-21(24(28)6-2)25(29)14-23(27)20-13-18(12-16(3)17(20)4)19-9-7-8-10-22(19)26/h6-10,12-17H,2,5,11H2,1,3-4H3. The predicted octanol–water partition coefficient (Wildman–Crippen LogP) is 5.52. The van der Waals surface area contributed by atoms with Gasteiger partial charge < -0.3 is 4.57 Å². The van der Waals surface area contributed by atoms with Crippen LogP contribution in [0.4, 0.5) is 4.39 Å². The fourth-order valence-corrected chi connectivity index (χ4v) is 3.77. The van der Waals surface area contributed by atoms with Gasteiger partial charge in [-0.1, -0.05) is 51.6 Å². The molecular weight excluding hydrogens is 365 g/mol. The first-order chi connectivity index (χ1) is 13.9. The Labute approximate surface area is 170 Å². The van der Waals surface area contributed by atoms with E-state index in [1.807, 2.05) is 23.6 Å². The number of hydrogen-bond acceptors (Lipinski definition) is 2. The van der Waals surface area contributed by atoms with E-state index < -0.39 is 0 Å². The largest absolute Gasteiger partial charge is 0.347 e. The number of aromatic nitrogens is 1. The normalized spacial score (nSPS) is 18.8. The van der Waals surface area contributed by atoms with Gasteiger partial charge in [-0.15, -0.1) is 0 Å². The van der Waals surface area contributed by atoms with Crippen LogP contribution >= 0.6 is 0 Å². The van der Waals surface area contributed by atoms with Gasteiger partial charge in [0.25, 0.3) is 0 Å². The van der Waals surface area contributed by atoms with E-state index in [1.165, 1.54) is 12.1 Å². The van der Waals surface area contributed by atoms with Gasteiger partial charge >= 0.3 is 0 Å². The molecule has 0 spiro atoms. The zero-order valence-electron chi connectivity index (χ0n) is 17.1. The number of pyridine rings is 1. The van der Waals surface area contributed by atoms with Crippen molar-refractivity contribution in [2.24, 2.45) is 11.8 Å². The number of hydrogen-bond donors (Lipinski definition) is 0. The molecule has 0 N–H and O–H groups in total. The lowest BCUT2D eigenvalue weighted by Gasteiger charge is -2.29. The van der Waals surface area contributed by atoms with Gasteiger partial charge in [-0.05, 0) is 47.6 Å². The van der Waals surface area contributed by atoms with Gasteiger partial charge in [0.1, 0.15) is 5.82 Å². The molecule has 0 saturated heterocycles. The maximum atomic E-state index is 14.4. The molecule has 0 amide bonds. The van der Waals surface area contributed by atoms with Crippen LogP contribution in [0.3, 0.4) is 0 Å². The Morgan fingerprint density at radius 2 is 2.00 bits per heavy atom. The molecule has 2 atom stereocenters. The maximum Gasteiger partial charge on any atom is 0.193 e. The molecule has 1 aliphatic carbocycles. The molecule has 0 aliphatic heterocycles. The Morgan fingerprint density at radius 1 is 1.28 bits per heavy atom. The highest BCUT2D eigenvalue weighted by atomic mass is 19.1. The van der Waals surface area contributed by atoms with Crippen molar-refractivity contribution < 1.29 is 9.18 Å². The van der Waals surface area contributed by atoms with Gasteiger partial charge in [-0.25, -0.2) is 4.39 Å². The van der Waals surface area contributed by atoms with Gasteiger partial charge in [0, 0.05) is 30.1 Å². The van der Waals surface area contributed by atoms with E-state index in [2.05, 4.69) is 26.5 Å². The van der Waals surface area contributed by atoms with E-state index >= 15 is 0 Å². The van der Waals surface area contributed by atoms with Crippen molar-refractivity contribution in [3.8, 4) is 0 Å². The van der Waals surface area contributed by atoms with Crippen LogP contribution in [0.15, 0.2) is 66.1 Å². The third-order valence-electron chi connectivity index (χ3n) is 5.56. The van der Waals surface area contributed by atoms with Crippen LogP contribution in [0.2, 0.25) is 0 Å². The van der Waals surface area contributed by atoms with Crippen LogP contribution < -0.4 is 5.43 Å². The topological polar surface area (TPSA) is 39.1 Å². The van der Waals surface area contributed by atoms with Crippen LogP contribution in [0.1, 0.15) is 48.8 Å². The van der Waals surface area contributed by atoms with Crippen LogP contribution in [-0.4, -0.2) is 10.4 Å². The quantitative estimate of drug-likeness (QED) is 0.480. The summed E-state index contributed by atoms with van der Waals surface area (Å²) < 4.78 is 16.4. The average molecular weight is 391 g/mol. The Balaban J connectivity index is 2.19. The van der Waals surface area contributed by atoms with E-state index in [0.29, 0.717) is 12.1 Å². The molecule has 3 nitrogen and oxygen atoms in total. The monoisotopic (exact) mass is 391 g/mol. The highest BCUT2D eigenvalue weighted by Gasteiger charge is 2.25. The van der Waals surface area contributed by atoms with E-state index in [4.69, 9.17) is 0 Å². The molecular formula is C25H26FNO2. The summed E-state index contributed by atoms with van der Waals surface area (Å²) in [5.74, 6) is -0.329. The zero-order chi connectivity index (χ0) is 21.1. The minimum Gasteiger partial charge on any atom is -0.347 e. The number of allylic oxidation sites excluding steroid dienone is 5. The summed E-state index contributed by atoms with van der Waals surface area (Å²) in [5.41, 5.74) is 2.91. The van der Waals surface area contributed by atoms with E-state index in [1.54, 1.807) is 18.3 Å². The summed E-state index contributed by atoms with van der Waals surface area (Å²) in [4.78, 5) is 24.7. The SMILES string of the molecule is C=CC(=O)c1cn(CCC)c(C2=CC(c3ccccc3F)=CC(C)C2C)cc1=O. The first kappa shape index (κ1) is 20.7. The van der Waals surface area contributed by atoms with Gasteiger partial charge in [-0.2, -0.15) is 0 Å². The second-order valence-corrected chi connectivity index (χ2v) is 7.55. The summed E-state index contributed by atoms with van der Waals surface area (Å²) >= 11 is 0. The molecule has 2 aromatic rings. The predicted molar refractivity (Wildman–Crippen MR) is 116 cm³/mol. The van der Waals surface area contributed by atoms with Crippen molar-refractivity contribution in [2.45, 2.75) is 33.7 Å². The average Bonchev–Trinajstić information content (AvgIpc) is 2.71. The summed E-state index contributed by atoms with van der Waals surface area (Å²) in [6.45, 7) is 10.4. The molecule has 1 aliphatic rings. The maximum absolute atomic E-state index is 14.4. The van der Waals surface area contributed by atoms with Crippen LogP contribution in [-0.2, 0) is 6.54 Å². The first-order valence-corrected chi connectivity index (χ1v) is 9.97. The van der Waals surface area contributed by atoms with Crippen LogP contribution in [0, 0.1) is 17.7 Å². The molecule has 3 rings (SSSR count). The van der Waals surface area contributed by atoms with Crippen molar-refractivity contribution in [2.75, 3.05) is 0 Å². The molecule has 0 radical (unpaired) electrons. The van der Waals surface area contributed by atoms with Crippen molar-refractivity contribution in [1.82, 2.24) is 4.57 Å². The summed E-state index contributed by atoms with van der Waals surface area (Å²) in [6.07, 6.45) is 7.69. The van der Waals surface area contributed by atoms with Gasteiger partial charge in [0.15, 0.2) is 11.2 Å². The minimum atomic E-state index is -0.377. The number of benzene rings is 1. The molecule has 1 heterocycles. The van der Waals surface area contributed by atoms with Crippen molar-refractivity contribution >= 4 is 16.9 Å². The molecule has 0 fully saturated rings. The third kappa shape index (κ3) is 4.07. The molecule has 29 heavy (non-hydrogen) atoms. The number of carbonyl (C=O) groups is 1. The lowest BCUT2D eigenvalue weighted by Crippen LogP contribution is -2.22. The Bertz CT molecular complexity index is 1070. The van der Waals surface area contributed by atoms with E-state index in [0.717, 1.165) is 29.3 Å². The Hall–Kier alpha value is -3.01. The number of carbonyl (C=O) groups excluding carboxylic acids is 1. The fraction of sp³-hybridized carbons (Fsp3) is 0.280. The highest BCUT2D eigenvalue weighted by molar-refractivity contribution is 6.04. The molecule has 0 bridgehead atoms. The number of halogens is 1. The molecule has 2 unspecified atom stereocenters. The Morgan fingerprint density at radius 3 is 2.66 bits per heavy atom. The van der Waals surface area contributed by atoms with E-state index in [9.17, 15) is 14.0 Å². The van der Waals surface area contributed by atoms with Crippen molar-refractivity contribution in [1.29, 1.82) is 0 Å². The molecule has 1 aromatic heterocycles. The van der Waals surface area contributed by atoms with Gasteiger partial charge in [-0.3, -0.25) is 9.59 Å². The van der Waals surface area contributed by atoms with Crippen molar-refractivity contribution in [3.63, 3.8) is 0 Å². The van der Waals surface area contributed by atoms with Crippen molar-refractivity contribution in [3.05, 3.63) is 94.2 Å².